The number of nitrogens with one attached hydrogen (secondary N) is 3. The van der Waals surface area contributed by atoms with Gasteiger partial charge in [-0.2, -0.15) is 0 Å². The molecule has 3 N–H and O–H groups in total. The average Bonchev–Trinajstić information content (AvgIpc) is 2.55. The molecule has 3 unspecified atom stereocenters. The van der Waals surface area contributed by atoms with Crippen molar-refractivity contribution in [1.82, 2.24) is 10.6 Å². The van der Waals surface area contributed by atoms with Gasteiger partial charge in [0.25, 0.3) is 0 Å². The van der Waals surface area contributed by atoms with Crippen LogP contribution in [-0.2, 0) is 19.2 Å². The molecule has 1 fully saturated rings. The number of carbonyl (C=O) groups is 4. The number of piperidine rings is 1. The number of hydrogen-bond donors (Lipinski definition) is 3. The Morgan fingerprint density at radius 2 is 1.85 bits per heavy atom. The number of anilines is 1. The van der Waals surface area contributed by atoms with E-state index in [1.165, 1.54) is 6.92 Å². The second-order valence-electron chi connectivity index (χ2n) is 6.85. The standard InChI is InChI=1S/C19H25N3O4/c1-11(10-12(2)20-13(3)23)18(25)21-15-6-4-14(5-7-15)16-8-9-17(24)22-19(16)26/h4-7,11-12,16H,8-10H2,1-3H3,(H,20,23)(H,21,25)(H,22,24,26). The lowest BCUT2D eigenvalue weighted by Gasteiger charge is -2.21. The number of amides is 4. The molecule has 1 aromatic rings. The summed E-state index contributed by atoms with van der Waals surface area (Å²) in [5, 5.41) is 7.95. The smallest absolute Gasteiger partial charge is 0.234 e. The molecule has 4 amide bonds. The molecule has 1 aromatic carbocycles. The Kier molecular flexibility index (Phi) is 6.49. The molecule has 0 bridgehead atoms. The van der Waals surface area contributed by atoms with Crippen LogP contribution in [0.3, 0.4) is 0 Å². The van der Waals surface area contributed by atoms with Crippen molar-refractivity contribution in [3.8, 4) is 0 Å². The van der Waals surface area contributed by atoms with E-state index >= 15 is 0 Å². The van der Waals surface area contributed by atoms with Crippen molar-refractivity contribution in [3.63, 3.8) is 0 Å². The van der Waals surface area contributed by atoms with Crippen LogP contribution in [0.25, 0.3) is 0 Å². The quantitative estimate of drug-likeness (QED) is 0.672. The highest BCUT2D eigenvalue weighted by Crippen LogP contribution is 2.26. The number of benzene rings is 1. The molecule has 0 saturated carbocycles. The Balaban J connectivity index is 1.92. The highest BCUT2D eigenvalue weighted by Gasteiger charge is 2.27. The van der Waals surface area contributed by atoms with E-state index in [1.54, 1.807) is 24.3 Å². The Morgan fingerprint density at radius 1 is 1.19 bits per heavy atom. The molecule has 140 valence electrons. The maximum atomic E-state index is 12.3. The van der Waals surface area contributed by atoms with E-state index in [4.69, 9.17) is 0 Å². The van der Waals surface area contributed by atoms with Gasteiger partial charge in [-0.25, -0.2) is 0 Å². The lowest BCUT2D eigenvalue weighted by atomic mass is 9.90. The monoisotopic (exact) mass is 359 g/mol. The van der Waals surface area contributed by atoms with Crippen LogP contribution in [0.2, 0.25) is 0 Å². The second kappa shape index (κ2) is 8.60. The minimum atomic E-state index is -0.338. The molecule has 2 rings (SSSR count). The summed E-state index contributed by atoms with van der Waals surface area (Å²) in [6, 6.07) is 7.01. The Morgan fingerprint density at radius 3 is 2.42 bits per heavy atom. The van der Waals surface area contributed by atoms with E-state index in [9.17, 15) is 19.2 Å². The molecule has 1 aliphatic rings. The summed E-state index contributed by atoms with van der Waals surface area (Å²) in [5.41, 5.74) is 1.46. The number of rotatable bonds is 6. The molecular weight excluding hydrogens is 334 g/mol. The molecule has 1 saturated heterocycles. The predicted molar refractivity (Wildman–Crippen MR) is 97.3 cm³/mol. The summed E-state index contributed by atoms with van der Waals surface area (Å²) in [7, 11) is 0. The molecule has 7 heteroatoms. The van der Waals surface area contributed by atoms with Crippen molar-refractivity contribution in [2.45, 2.75) is 52.0 Å². The highest BCUT2D eigenvalue weighted by atomic mass is 16.2. The SMILES string of the molecule is CC(=O)NC(C)CC(C)C(=O)Nc1ccc(C2CCC(=O)NC2=O)cc1. The summed E-state index contributed by atoms with van der Waals surface area (Å²) >= 11 is 0. The van der Waals surface area contributed by atoms with Crippen LogP contribution in [0.1, 0.15) is 51.5 Å². The predicted octanol–water partition coefficient (Wildman–Crippen LogP) is 1.70. The highest BCUT2D eigenvalue weighted by molar-refractivity contribution is 6.01. The van der Waals surface area contributed by atoms with Crippen molar-refractivity contribution in [2.75, 3.05) is 5.32 Å². The molecular formula is C19H25N3O4. The summed E-state index contributed by atoms with van der Waals surface area (Å²) in [4.78, 5) is 46.5. The van der Waals surface area contributed by atoms with Gasteiger partial charge < -0.3 is 10.6 Å². The first kappa shape index (κ1) is 19.6. The fourth-order valence-electron chi connectivity index (χ4n) is 3.12. The topological polar surface area (TPSA) is 104 Å². The number of carbonyl (C=O) groups excluding carboxylic acids is 4. The summed E-state index contributed by atoms with van der Waals surface area (Å²) < 4.78 is 0. The van der Waals surface area contributed by atoms with Crippen LogP contribution >= 0.6 is 0 Å². The summed E-state index contributed by atoms with van der Waals surface area (Å²) in [6.45, 7) is 5.12. The largest absolute Gasteiger partial charge is 0.354 e. The van der Waals surface area contributed by atoms with E-state index in [1.807, 2.05) is 13.8 Å². The van der Waals surface area contributed by atoms with Crippen LogP contribution in [0, 0.1) is 5.92 Å². The number of hydrogen-bond acceptors (Lipinski definition) is 4. The minimum absolute atomic E-state index is 0.0804. The van der Waals surface area contributed by atoms with Crippen LogP contribution < -0.4 is 16.0 Å². The molecule has 1 heterocycles. The van der Waals surface area contributed by atoms with Crippen LogP contribution in [0.5, 0.6) is 0 Å². The van der Waals surface area contributed by atoms with Gasteiger partial charge in [0.05, 0.1) is 5.92 Å². The Bertz CT molecular complexity index is 699. The minimum Gasteiger partial charge on any atom is -0.354 e. The molecule has 1 aliphatic heterocycles. The Labute approximate surface area is 152 Å². The average molecular weight is 359 g/mol. The van der Waals surface area contributed by atoms with Gasteiger partial charge in [-0.1, -0.05) is 19.1 Å². The maximum Gasteiger partial charge on any atom is 0.234 e. The van der Waals surface area contributed by atoms with Gasteiger partial charge in [0.15, 0.2) is 0 Å². The molecule has 3 atom stereocenters. The first-order valence-corrected chi connectivity index (χ1v) is 8.78. The first-order chi connectivity index (χ1) is 12.3. The van der Waals surface area contributed by atoms with Crippen molar-refractivity contribution >= 4 is 29.3 Å². The van der Waals surface area contributed by atoms with Gasteiger partial charge in [-0.15, -0.1) is 0 Å². The third-order valence-corrected chi connectivity index (χ3v) is 4.42. The van der Waals surface area contributed by atoms with Crippen LogP contribution in [0.15, 0.2) is 24.3 Å². The van der Waals surface area contributed by atoms with Crippen LogP contribution in [0.4, 0.5) is 5.69 Å². The molecule has 0 aromatic heterocycles. The van der Waals surface area contributed by atoms with E-state index in [0.717, 1.165) is 5.56 Å². The first-order valence-electron chi connectivity index (χ1n) is 8.78. The van der Waals surface area contributed by atoms with Gasteiger partial charge in [0.1, 0.15) is 0 Å². The molecule has 26 heavy (non-hydrogen) atoms. The zero-order chi connectivity index (χ0) is 19.3. The third kappa shape index (κ3) is 5.40. The van der Waals surface area contributed by atoms with Crippen molar-refractivity contribution < 1.29 is 19.2 Å². The van der Waals surface area contributed by atoms with Crippen molar-refractivity contribution in [2.24, 2.45) is 5.92 Å². The van der Waals surface area contributed by atoms with Gasteiger partial charge >= 0.3 is 0 Å². The summed E-state index contributed by atoms with van der Waals surface area (Å²) in [6.07, 6.45) is 1.37. The maximum absolute atomic E-state index is 12.3. The normalized spacial score (nSPS) is 19.3. The summed E-state index contributed by atoms with van der Waals surface area (Å²) in [5.74, 6) is -1.36. The van der Waals surface area contributed by atoms with Gasteiger partial charge in [-0.05, 0) is 37.5 Å². The van der Waals surface area contributed by atoms with E-state index in [2.05, 4.69) is 16.0 Å². The van der Waals surface area contributed by atoms with E-state index < -0.39 is 0 Å². The zero-order valence-corrected chi connectivity index (χ0v) is 15.3. The molecule has 0 radical (unpaired) electrons. The fourth-order valence-corrected chi connectivity index (χ4v) is 3.12. The van der Waals surface area contributed by atoms with Crippen LogP contribution in [-0.4, -0.2) is 29.7 Å². The molecule has 7 nitrogen and oxygen atoms in total. The Hall–Kier alpha value is -2.70. The van der Waals surface area contributed by atoms with Gasteiger partial charge in [0.2, 0.25) is 23.6 Å². The van der Waals surface area contributed by atoms with Gasteiger partial charge in [-0.3, -0.25) is 24.5 Å². The molecule has 0 spiro atoms. The lowest BCUT2D eigenvalue weighted by molar-refractivity contribution is -0.134. The van der Waals surface area contributed by atoms with Crippen molar-refractivity contribution in [3.05, 3.63) is 29.8 Å². The lowest BCUT2D eigenvalue weighted by Crippen LogP contribution is -2.39. The van der Waals surface area contributed by atoms with E-state index in [-0.39, 0.29) is 41.5 Å². The van der Waals surface area contributed by atoms with E-state index in [0.29, 0.717) is 24.9 Å². The third-order valence-electron chi connectivity index (χ3n) is 4.42. The molecule has 0 aliphatic carbocycles. The van der Waals surface area contributed by atoms with Crippen molar-refractivity contribution in [1.29, 1.82) is 0 Å². The second-order valence-corrected chi connectivity index (χ2v) is 6.85. The fraction of sp³-hybridized carbons (Fsp3) is 0.474. The number of imide groups is 1. The zero-order valence-electron chi connectivity index (χ0n) is 15.3. The van der Waals surface area contributed by atoms with Gasteiger partial charge in [0, 0.05) is 31.0 Å².